The van der Waals surface area contributed by atoms with E-state index in [1.807, 2.05) is 6.92 Å². The van der Waals surface area contributed by atoms with Gasteiger partial charge in [-0.25, -0.2) is 8.78 Å². The number of nitrogens with two attached hydrogens (primary N) is 1. The molecule has 1 aromatic rings. The number of carbonyl (C=O) groups is 1. The minimum Gasteiger partial charge on any atom is -0.396 e. The van der Waals surface area contributed by atoms with Crippen LogP contribution in [0.25, 0.3) is 0 Å². The SMILES string of the molecule is CCN1CCOC(CNC(=O)c2c(F)ccc(N)c2F)C1. The lowest BCUT2D eigenvalue weighted by Crippen LogP contribution is -2.47. The van der Waals surface area contributed by atoms with Gasteiger partial charge in [-0.3, -0.25) is 9.69 Å². The van der Waals surface area contributed by atoms with E-state index in [1.54, 1.807) is 0 Å². The molecule has 0 radical (unpaired) electrons. The highest BCUT2D eigenvalue weighted by atomic mass is 19.1. The third-order valence-corrected chi connectivity index (χ3v) is 3.51. The van der Waals surface area contributed by atoms with E-state index in [4.69, 9.17) is 10.5 Å². The average Bonchev–Trinajstić information content (AvgIpc) is 2.49. The topological polar surface area (TPSA) is 67.6 Å². The van der Waals surface area contributed by atoms with Gasteiger partial charge in [-0.15, -0.1) is 0 Å². The van der Waals surface area contributed by atoms with Crippen LogP contribution in [0.15, 0.2) is 12.1 Å². The molecule has 1 heterocycles. The minimum atomic E-state index is -1.03. The lowest BCUT2D eigenvalue weighted by Gasteiger charge is -2.32. The van der Waals surface area contributed by atoms with Gasteiger partial charge in [-0.05, 0) is 18.7 Å². The van der Waals surface area contributed by atoms with Crippen LogP contribution in [-0.4, -0.2) is 49.7 Å². The Bertz CT molecular complexity index is 525. The number of anilines is 1. The molecule has 0 aliphatic carbocycles. The van der Waals surface area contributed by atoms with Crippen molar-refractivity contribution < 1.29 is 18.3 Å². The molecule has 1 aliphatic rings. The number of rotatable bonds is 4. The van der Waals surface area contributed by atoms with Gasteiger partial charge in [0, 0.05) is 19.6 Å². The molecule has 5 nitrogen and oxygen atoms in total. The van der Waals surface area contributed by atoms with Gasteiger partial charge in [0.25, 0.3) is 5.91 Å². The van der Waals surface area contributed by atoms with Crippen molar-refractivity contribution in [3.63, 3.8) is 0 Å². The van der Waals surface area contributed by atoms with Crippen LogP contribution in [0, 0.1) is 11.6 Å². The van der Waals surface area contributed by atoms with Crippen molar-refractivity contribution in [3.8, 4) is 0 Å². The molecule has 3 N–H and O–H groups in total. The first-order valence-corrected chi connectivity index (χ1v) is 6.88. The largest absolute Gasteiger partial charge is 0.396 e. The molecule has 1 fully saturated rings. The standard InChI is InChI=1S/C14H19F2N3O2/c1-2-19-5-6-21-9(8-19)7-18-14(20)12-10(15)3-4-11(17)13(12)16/h3-4,9H,2,5-8,17H2,1H3,(H,18,20). The molecule has 1 aliphatic heterocycles. The Morgan fingerprint density at radius 3 is 3.00 bits per heavy atom. The first kappa shape index (κ1) is 15.7. The molecule has 1 atom stereocenters. The lowest BCUT2D eigenvalue weighted by atomic mass is 10.1. The van der Waals surface area contributed by atoms with Crippen molar-refractivity contribution in [2.24, 2.45) is 0 Å². The highest BCUT2D eigenvalue weighted by molar-refractivity contribution is 5.95. The van der Waals surface area contributed by atoms with E-state index in [1.165, 1.54) is 0 Å². The summed E-state index contributed by atoms with van der Waals surface area (Å²) in [5, 5.41) is 2.50. The van der Waals surface area contributed by atoms with Gasteiger partial charge in [0.15, 0.2) is 5.82 Å². The molecule has 0 saturated carbocycles. The van der Waals surface area contributed by atoms with Gasteiger partial charge in [0.05, 0.1) is 18.4 Å². The van der Waals surface area contributed by atoms with Crippen molar-refractivity contribution >= 4 is 11.6 Å². The fourth-order valence-electron chi connectivity index (χ4n) is 2.26. The number of carbonyl (C=O) groups excluding carboxylic acids is 1. The number of halogens is 2. The maximum atomic E-state index is 13.7. The monoisotopic (exact) mass is 299 g/mol. The number of nitrogens with one attached hydrogen (secondary N) is 1. The minimum absolute atomic E-state index is 0.185. The summed E-state index contributed by atoms with van der Waals surface area (Å²) < 4.78 is 32.8. The van der Waals surface area contributed by atoms with Crippen LogP contribution in [0.2, 0.25) is 0 Å². The molecule has 0 spiro atoms. The summed E-state index contributed by atoms with van der Waals surface area (Å²) in [6.07, 6.45) is -0.185. The molecule has 2 rings (SSSR count). The molecule has 1 aromatic carbocycles. The first-order chi connectivity index (χ1) is 10.0. The molecular weight excluding hydrogens is 280 g/mol. The fourth-order valence-corrected chi connectivity index (χ4v) is 2.26. The summed E-state index contributed by atoms with van der Waals surface area (Å²) in [5.74, 6) is -2.79. The highest BCUT2D eigenvalue weighted by Gasteiger charge is 2.23. The summed E-state index contributed by atoms with van der Waals surface area (Å²) in [4.78, 5) is 14.1. The zero-order valence-corrected chi connectivity index (χ0v) is 11.9. The van der Waals surface area contributed by atoms with Crippen molar-refractivity contribution in [3.05, 3.63) is 29.3 Å². The van der Waals surface area contributed by atoms with Crippen LogP contribution in [0.4, 0.5) is 14.5 Å². The zero-order chi connectivity index (χ0) is 15.4. The summed E-state index contributed by atoms with van der Waals surface area (Å²) in [5.41, 5.74) is 4.44. The number of morpholine rings is 1. The molecule has 116 valence electrons. The highest BCUT2D eigenvalue weighted by Crippen LogP contribution is 2.18. The molecule has 1 amide bonds. The predicted octanol–water partition coefficient (Wildman–Crippen LogP) is 0.997. The van der Waals surface area contributed by atoms with Gasteiger partial charge >= 0.3 is 0 Å². The van der Waals surface area contributed by atoms with E-state index in [-0.39, 0.29) is 18.3 Å². The van der Waals surface area contributed by atoms with Gasteiger partial charge in [0.1, 0.15) is 11.4 Å². The summed E-state index contributed by atoms with van der Waals surface area (Å²) in [7, 11) is 0. The van der Waals surface area contributed by atoms with Gasteiger partial charge in [-0.1, -0.05) is 6.92 Å². The van der Waals surface area contributed by atoms with E-state index < -0.39 is 23.1 Å². The summed E-state index contributed by atoms with van der Waals surface area (Å²) in [6, 6.07) is 2.06. The van der Waals surface area contributed by atoms with Crippen LogP contribution in [-0.2, 0) is 4.74 Å². The van der Waals surface area contributed by atoms with Gasteiger partial charge in [0.2, 0.25) is 0 Å². The molecule has 1 saturated heterocycles. The van der Waals surface area contributed by atoms with Crippen molar-refractivity contribution in [1.29, 1.82) is 0 Å². The van der Waals surface area contributed by atoms with Crippen molar-refractivity contribution in [1.82, 2.24) is 10.2 Å². The Balaban J connectivity index is 1.98. The van der Waals surface area contributed by atoms with Gasteiger partial charge < -0.3 is 15.8 Å². The summed E-state index contributed by atoms with van der Waals surface area (Å²) >= 11 is 0. The normalized spacial score (nSPS) is 19.5. The number of ether oxygens (including phenoxy) is 1. The number of hydrogen-bond donors (Lipinski definition) is 2. The van der Waals surface area contributed by atoms with Crippen LogP contribution in [0.3, 0.4) is 0 Å². The van der Waals surface area contributed by atoms with Gasteiger partial charge in [-0.2, -0.15) is 0 Å². The summed E-state index contributed by atoms with van der Waals surface area (Å²) in [6.45, 7) is 5.24. The van der Waals surface area contributed by atoms with Crippen molar-refractivity contribution in [2.75, 3.05) is 38.5 Å². The number of benzene rings is 1. The number of likely N-dealkylation sites (N-methyl/N-ethyl adjacent to an activating group) is 1. The molecular formula is C14H19F2N3O2. The maximum Gasteiger partial charge on any atom is 0.257 e. The van der Waals surface area contributed by atoms with E-state index in [2.05, 4.69) is 10.2 Å². The third kappa shape index (κ3) is 3.68. The maximum absolute atomic E-state index is 13.7. The second-order valence-corrected chi connectivity index (χ2v) is 4.92. The van der Waals surface area contributed by atoms with Crippen molar-refractivity contribution in [2.45, 2.75) is 13.0 Å². The van der Waals surface area contributed by atoms with E-state index in [0.717, 1.165) is 25.2 Å². The Labute approximate surface area is 122 Å². The van der Waals surface area contributed by atoms with E-state index in [0.29, 0.717) is 13.2 Å². The van der Waals surface area contributed by atoms with E-state index in [9.17, 15) is 13.6 Å². The fraction of sp³-hybridized carbons (Fsp3) is 0.500. The van der Waals surface area contributed by atoms with Crippen LogP contribution in [0.1, 0.15) is 17.3 Å². The quantitative estimate of drug-likeness (QED) is 0.814. The Kier molecular flexibility index (Phi) is 5.08. The molecule has 0 aromatic heterocycles. The van der Waals surface area contributed by atoms with Crippen LogP contribution < -0.4 is 11.1 Å². The van der Waals surface area contributed by atoms with Crippen LogP contribution >= 0.6 is 0 Å². The van der Waals surface area contributed by atoms with E-state index >= 15 is 0 Å². The molecule has 0 bridgehead atoms. The van der Waals surface area contributed by atoms with Crippen LogP contribution in [0.5, 0.6) is 0 Å². The molecule has 21 heavy (non-hydrogen) atoms. The predicted molar refractivity (Wildman–Crippen MR) is 75.0 cm³/mol. The molecule has 7 heteroatoms. The first-order valence-electron chi connectivity index (χ1n) is 6.88. The Morgan fingerprint density at radius 1 is 1.52 bits per heavy atom. The zero-order valence-electron chi connectivity index (χ0n) is 11.9. The third-order valence-electron chi connectivity index (χ3n) is 3.51. The average molecular weight is 299 g/mol. The number of amides is 1. The number of nitrogen functional groups attached to an aromatic ring is 1. The lowest BCUT2D eigenvalue weighted by molar-refractivity contribution is -0.0246. The molecule has 1 unspecified atom stereocenters. The second-order valence-electron chi connectivity index (χ2n) is 4.92. The second kappa shape index (κ2) is 6.82. The number of hydrogen-bond acceptors (Lipinski definition) is 4. The Morgan fingerprint density at radius 2 is 2.29 bits per heavy atom. The smallest absolute Gasteiger partial charge is 0.257 e. The number of nitrogens with zero attached hydrogens (tertiary/aromatic N) is 1. The Hall–Kier alpha value is -1.73.